The zero-order valence-corrected chi connectivity index (χ0v) is 29.2. The van der Waals surface area contributed by atoms with Crippen molar-refractivity contribution in [3.8, 4) is 0 Å². The van der Waals surface area contributed by atoms with E-state index in [1.165, 1.54) is 103 Å². The molecule has 0 aromatic heterocycles. The van der Waals surface area contributed by atoms with E-state index in [1.54, 1.807) is 0 Å². The van der Waals surface area contributed by atoms with E-state index in [1.807, 2.05) is 0 Å². The van der Waals surface area contributed by atoms with Crippen LogP contribution in [0.5, 0.6) is 0 Å². The minimum Gasteiger partial charge on any atom is -0.467 e. The lowest BCUT2D eigenvalue weighted by Crippen LogP contribution is -2.16. The molecule has 0 unspecified atom stereocenters. The highest BCUT2D eigenvalue weighted by molar-refractivity contribution is 5.70. The minimum absolute atomic E-state index is 0.0602. The summed E-state index contributed by atoms with van der Waals surface area (Å²) in [7, 11) is 1.32. The van der Waals surface area contributed by atoms with Crippen molar-refractivity contribution in [3.05, 3.63) is 0 Å². The second-order valence-corrected chi connectivity index (χ2v) is 11.2. The van der Waals surface area contributed by atoms with Crippen molar-refractivity contribution in [2.24, 2.45) is 0 Å². The molecule has 0 spiro atoms. The predicted octanol–water partition coefficient (Wildman–Crippen LogP) is 6.55. The lowest BCUT2D eigenvalue weighted by molar-refractivity contribution is -0.146. The summed E-state index contributed by atoms with van der Waals surface area (Å²) in [5.41, 5.74) is 0. The molecular formula is C35H70O10. The normalized spacial score (nSPS) is 11.4. The standard InChI is InChI=1S/C35H70O10/c1-3-4-5-6-7-8-9-10-11-12-13-14-15-16-17-18-19-38-20-21-39-22-23-40-24-25-41-26-27-42-28-29-43-30-31-44-32-33-45-34-35(36)37-2/h3-34H2,1-2H3. The smallest absolute Gasteiger partial charge is 0.331 e. The quantitative estimate of drug-likeness (QED) is 0.0536. The Bertz CT molecular complexity index is 553. The Morgan fingerprint density at radius 2 is 0.578 bits per heavy atom. The van der Waals surface area contributed by atoms with Gasteiger partial charge < -0.3 is 42.6 Å². The third-order valence-electron chi connectivity index (χ3n) is 7.19. The zero-order chi connectivity index (χ0) is 32.6. The average molecular weight is 651 g/mol. The minimum atomic E-state index is -0.398. The molecule has 0 aliphatic heterocycles. The van der Waals surface area contributed by atoms with Gasteiger partial charge in [0, 0.05) is 6.61 Å². The average Bonchev–Trinajstić information content (AvgIpc) is 3.05. The van der Waals surface area contributed by atoms with Gasteiger partial charge in [-0.25, -0.2) is 4.79 Å². The highest BCUT2D eigenvalue weighted by Crippen LogP contribution is 2.13. The molecule has 10 nitrogen and oxygen atoms in total. The molecule has 0 aliphatic rings. The Hall–Kier alpha value is -0.850. The highest BCUT2D eigenvalue weighted by Gasteiger charge is 1.99. The Labute approximate surface area is 275 Å². The van der Waals surface area contributed by atoms with Gasteiger partial charge in [0.15, 0.2) is 0 Å². The first-order valence-corrected chi connectivity index (χ1v) is 18.0. The van der Waals surface area contributed by atoms with Gasteiger partial charge in [-0.15, -0.1) is 0 Å². The maximum absolute atomic E-state index is 10.9. The van der Waals surface area contributed by atoms with Crippen molar-refractivity contribution in [1.82, 2.24) is 0 Å². The summed E-state index contributed by atoms with van der Waals surface area (Å²) < 4.78 is 48.0. The van der Waals surface area contributed by atoms with Crippen molar-refractivity contribution < 1.29 is 47.4 Å². The van der Waals surface area contributed by atoms with Crippen molar-refractivity contribution >= 4 is 5.97 Å². The number of ether oxygens (including phenoxy) is 9. The van der Waals surface area contributed by atoms with Crippen LogP contribution in [0.15, 0.2) is 0 Å². The SMILES string of the molecule is CCCCCCCCCCCCCCCCCCOCCOCCOCCOCCOCCOCCOCCOCC(=O)OC. The number of hydrogen-bond donors (Lipinski definition) is 0. The first-order valence-electron chi connectivity index (χ1n) is 18.0. The van der Waals surface area contributed by atoms with Gasteiger partial charge in [0.1, 0.15) is 6.61 Å². The van der Waals surface area contributed by atoms with Crippen LogP contribution in [0.2, 0.25) is 0 Å². The first kappa shape index (κ1) is 44.1. The Kier molecular flexibility index (Phi) is 40.4. The lowest BCUT2D eigenvalue weighted by Gasteiger charge is -2.08. The molecule has 0 radical (unpaired) electrons. The summed E-state index contributed by atoms with van der Waals surface area (Å²) in [4.78, 5) is 10.9. The third kappa shape index (κ3) is 41.1. The molecule has 0 atom stereocenters. The summed E-state index contributed by atoms with van der Waals surface area (Å²) in [5, 5.41) is 0. The topological polar surface area (TPSA) is 100 Å². The molecule has 0 amide bonds. The van der Waals surface area contributed by atoms with Crippen molar-refractivity contribution in [2.75, 3.05) is 113 Å². The summed E-state index contributed by atoms with van der Waals surface area (Å²) in [6.45, 7) is 10.2. The Morgan fingerprint density at radius 1 is 0.333 bits per heavy atom. The molecule has 45 heavy (non-hydrogen) atoms. The number of rotatable bonds is 40. The van der Waals surface area contributed by atoms with Crippen LogP contribution in [0.25, 0.3) is 0 Å². The molecule has 0 aromatic rings. The van der Waals surface area contributed by atoms with E-state index in [0.717, 1.165) is 13.0 Å². The van der Waals surface area contributed by atoms with Gasteiger partial charge in [-0.2, -0.15) is 0 Å². The van der Waals surface area contributed by atoms with Gasteiger partial charge >= 0.3 is 5.97 Å². The molecular weight excluding hydrogens is 580 g/mol. The van der Waals surface area contributed by atoms with E-state index >= 15 is 0 Å². The fourth-order valence-corrected chi connectivity index (χ4v) is 4.51. The van der Waals surface area contributed by atoms with Crippen LogP contribution in [0.4, 0.5) is 0 Å². The molecule has 0 saturated heterocycles. The van der Waals surface area contributed by atoms with E-state index in [0.29, 0.717) is 92.5 Å². The molecule has 0 aromatic carbocycles. The third-order valence-corrected chi connectivity index (χ3v) is 7.19. The van der Waals surface area contributed by atoms with Gasteiger partial charge in [0.2, 0.25) is 0 Å². The van der Waals surface area contributed by atoms with E-state index in [4.69, 9.17) is 37.9 Å². The molecule has 10 heteroatoms. The maximum atomic E-state index is 10.9. The maximum Gasteiger partial charge on any atom is 0.331 e. The number of carbonyl (C=O) groups is 1. The van der Waals surface area contributed by atoms with Gasteiger partial charge in [-0.05, 0) is 6.42 Å². The summed E-state index contributed by atoms with van der Waals surface area (Å²) in [5.74, 6) is -0.398. The van der Waals surface area contributed by atoms with Crippen LogP contribution >= 0.6 is 0 Å². The molecule has 0 rings (SSSR count). The number of carbonyl (C=O) groups excluding carboxylic acids is 1. The molecule has 0 saturated carbocycles. The van der Waals surface area contributed by atoms with E-state index in [9.17, 15) is 4.79 Å². The van der Waals surface area contributed by atoms with Crippen LogP contribution in [-0.4, -0.2) is 119 Å². The first-order chi connectivity index (χ1) is 22.3. The number of methoxy groups -OCH3 is 1. The lowest BCUT2D eigenvalue weighted by atomic mass is 10.0. The summed E-state index contributed by atoms with van der Waals surface area (Å²) in [6, 6.07) is 0. The fraction of sp³-hybridized carbons (Fsp3) is 0.971. The molecule has 270 valence electrons. The van der Waals surface area contributed by atoms with Crippen LogP contribution in [0.3, 0.4) is 0 Å². The van der Waals surface area contributed by atoms with Crippen molar-refractivity contribution in [1.29, 1.82) is 0 Å². The van der Waals surface area contributed by atoms with Gasteiger partial charge in [0.25, 0.3) is 0 Å². The van der Waals surface area contributed by atoms with E-state index < -0.39 is 5.97 Å². The van der Waals surface area contributed by atoms with Gasteiger partial charge in [0.05, 0.1) is 99.6 Å². The molecule has 0 bridgehead atoms. The number of unbranched alkanes of at least 4 members (excludes halogenated alkanes) is 15. The monoisotopic (exact) mass is 650 g/mol. The molecule has 0 heterocycles. The van der Waals surface area contributed by atoms with E-state index in [-0.39, 0.29) is 6.61 Å². The Balaban J connectivity index is 3.05. The predicted molar refractivity (Wildman–Crippen MR) is 178 cm³/mol. The number of hydrogen-bond acceptors (Lipinski definition) is 10. The van der Waals surface area contributed by atoms with Gasteiger partial charge in [-0.3, -0.25) is 0 Å². The van der Waals surface area contributed by atoms with Crippen LogP contribution in [0, 0.1) is 0 Å². The van der Waals surface area contributed by atoms with Gasteiger partial charge in [-0.1, -0.05) is 103 Å². The second kappa shape index (κ2) is 41.2. The molecule has 0 N–H and O–H groups in total. The van der Waals surface area contributed by atoms with Crippen LogP contribution < -0.4 is 0 Å². The second-order valence-electron chi connectivity index (χ2n) is 11.2. The number of esters is 1. The van der Waals surface area contributed by atoms with Crippen molar-refractivity contribution in [3.63, 3.8) is 0 Å². The molecule has 0 fully saturated rings. The molecule has 0 aliphatic carbocycles. The van der Waals surface area contributed by atoms with Crippen LogP contribution in [-0.2, 0) is 47.4 Å². The largest absolute Gasteiger partial charge is 0.467 e. The zero-order valence-electron chi connectivity index (χ0n) is 29.2. The van der Waals surface area contributed by atoms with Crippen molar-refractivity contribution in [2.45, 2.75) is 110 Å². The van der Waals surface area contributed by atoms with E-state index in [2.05, 4.69) is 11.7 Å². The Morgan fingerprint density at radius 3 is 0.867 bits per heavy atom. The summed E-state index contributed by atoms with van der Waals surface area (Å²) in [6.07, 6.45) is 22.2. The fourth-order valence-electron chi connectivity index (χ4n) is 4.51. The highest BCUT2D eigenvalue weighted by atomic mass is 16.6. The van der Waals surface area contributed by atoms with Crippen LogP contribution in [0.1, 0.15) is 110 Å². The summed E-state index contributed by atoms with van der Waals surface area (Å²) >= 11 is 0.